The van der Waals surface area contributed by atoms with E-state index in [-0.39, 0.29) is 0 Å². The van der Waals surface area contributed by atoms with Crippen LogP contribution < -0.4 is 0 Å². The first kappa shape index (κ1) is 23.6. The molecule has 0 fully saturated rings. The normalized spacial score (nSPS) is 11.4. The number of nitrogens with zero attached hydrogens (tertiary/aromatic N) is 2. The topological polar surface area (TPSA) is 85.8 Å². The van der Waals surface area contributed by atoms with Gasteiger partial charge in [-0.2, -0.15) is 0 Å². The quantitative estimate of drug-likeness (QED) is 0.157. The molecule has 4 aromatic carbocycles. The van der Waals surface area contributed by atoms with Gasteiger partial charge in [-0.15, -0.1) is 0 Å². The van der Waals surface area contributed by atoms with Crippen LogP contribution in [-0.2, 0) is 0 Å². The number of amidine groups is 2. The molecule has 0 saturated heterocycles. The van der Waals surface area contributed by atoms with Crippen molar-refractivity contribution in [3.05, 3.63) is 96.1 Å². The number of rotatable bonds is 4. The average molecular weight is 499 g/mol. The Morgan fingerprint density at radius 1 is 0.500 bits per heavy atom. The number of hydrogen-bond donors (Lipinski definition) is 4. The van der Waals surface area contributed by atoms with Crippen molar-refractivity contribution in [1.29, 1.82) is 10.8 Å². The summed E-state index contributed by atoms with van der Waals surface area (Å²) in [5.74, 6) is 0.982. The molecule has 2 heterocycles. The van der Waals surface area contributed by atoms with E-state index in [4.69, 9.17) is 10.8 Å². The molecule has 0 atom stereocenters. The van der Waals surface area contributed by atoms with Crippen LogP contribution in [0.1, 0.15) is 11.1 Å². The predicted molar refractivity (Wildman–Crippen MR) is 160 cm³/mol. The van der Waals surface area contributed by atoms with Gasteiger partial charge in [-0.3, -0.25) is 10.8 Å². The maximum Gasteiger partial charge on any atom is 0.127 e. The lowest BCUT2D eigenvalue weighted by molar-refractivity contribution is 0.619. The Kier molecular flexibility index (Phi) is 5.53. The van der Waals surface area contributed by atoms with Crippen LogP contribution in [0.4, 0.5) is 0 Å². The molecule has 0 aliphatic carbocycles. The lowest BCUT2D eigenvalue weighted by Crippen LogP contribution is -2.21. The Morgan fingerprint density at radius 2 is 0.921 bits per heavy atom. The number of nitrogens with one attached hydrogen (secondary N) is 4. The van der Waals surface area contributed by atoms with Crippen LogP contribution in [0.3, 0.4) is 0 Å². The number of aromatic amines is 2. The fourth-order valence-electron chi connectivity index (χ4n) is 4.96. The summed E-state index contributed by atoms with van der Waals surface area (Å²) in [5, 5.41) is 21.2. The molecule has 0 saturated carbocycles. The Balaban J connectivity index is 1.36. The highest BCUT2D eigenvalue weighted by Crippen LogP contribution is 2.31. The first-order valence-corrected chi connectivity index (χ1v) is 12.6. The standard InChI is InChI=1S/C32H30N6/c1-37(2)31(33)24-11-9-22-15-27(35-29(22)17-24)20-7-5-19-6-8-21(14-26(19)13-20)28-16-23-10-12-25(18-30(23)36-28)32(34)38(3)4/h5-18,33-36H,1-4H3. The van der Waals surface area contributed by atoms with Crippen LogP contribution in [-0.4, -0.2) is 59.6 Å². The number of aromatic nitrogens is 2. The zero-order valence-corrected chi connectivity index (χ0v) is 22.0. The first-order valence-electron chi connectivity index (χ1n) is 12.6. The fraction of sp³-hybridized carbons (Fsp3) is 0.125. The molecule has 0 amide bonds. The molecule has 0 aliphatic heterocycles. The summed E-state index contributed by atoms with van der Waals surface area (Å²) in [6.07, 6.45) is 0. The van der Waals surface area contributed by atoms with E-state index in [1.54, 1.807) is 0 Å². The average Bonchev–Trinajstić information content (AvgIpc) is 3.55. The Labute approximate surface area is 221 Å². The number of H-pyrrole nitrogens is 2. The molecule has 6 aromatic rings. The molecule has 0 radical (unpaired) electrons. The van der Waals surface area contributed by atoms with Gasteiger partial charge in [-0.25, -0.2) is 0 Å². The van der Waals surface area contributed by atoms with Crippen molar-refractivity contribution >= 4 is 44.2 Å². The van der Waals surface area contributed by atoms with Gasteiger partial charge in [-0.1, -0.05) is 48.5 Å². The molecule has 6 nitrogen and oxygen atoms in total. The second-order valence-corrected chi connectivity index (χ2v) is 10.2. The van der Waals surface area contributed by atoms with Gasteiger partial charge < -0.3 is 19.8 Å². The lowest BCUT2D eigenvalue weighted by Gasteiger charge is -2.13. The minimum Gasteiger partial charge on any atom is -0.363 e. The van der Waals surface area contributed by atoms with Gasteiger partial charge in [0.25, 0.3) is 0 Å². The molecular weight excluding hydrogens is 468 g/mol. The number of hydrogen-bond acceptors (Lipinski definition) is 2. The van der Waals surface area contributed by atoms with Gasteiger partial charge in [0.2, 0.25) is 0 Å². The van der Waals surface area contributed by atoms with E-state index < -0.39 is 0 Å². The maximum atomic E-state index is 8.29. The van der Waals surface area contributed by atoms with Crippen LogP contribution in [0.25, 0.3) is 55.1 Å². The van der Waals surface area contributed by atoms with E-state index in [1.807, 2.05) is 62.3 Å². The molecule has 38 heavy (non-hydrogen) atoms. The van der Waals surface area contributed by atoms with Crippen molar-refractivity contribution in [2.75, 3.05) is 28.2 Å². The molecule has 4 N–H and O–H groups in total. The largest absolute Gasteiger partial charge is 0.363 e. The van der Waals surface area contributed by atoms with E-state index in [9.17, 15) is 0 Å². The Morgan fingerprint density at radius 3 is 1.34 bits per heavy atom. The van der Waals surface area contributed by atoms with E-state index in [0.29, 0.717) is 11.7 Å². The molecule has 0 bridgehead atoms. The summed E-state index contributed by atoms with van der Waals surface area (Å²) in [6.45, 7) is 0. The molecule has 6 rings (SSSR count). The maximum absolute atomic E-state index is 8.29. The van der Waals surface area contributed by atoms with Gasteiger partial charge in [0, 0.05) is 72.5 Å². The summed E-state index contributed by atoms with van der Waals surface area (Å²) in [5.41, 5.74) is 8.20. The number of benzene rings is 4. The summed E-state index contributed by atoms with van der Waals surface area (Å²) >= 11 is 0. The van der Waals surface area contributed by atoms with Crippen molar-refractivity contribution in [3.8, 4) is 22.5 Å². The van der Waals surface area contributed by atoms with Crippen molar-refractivity contribution in [2.45, 2.75) is 0 Å². The molecular formula is C32H30N6. The van der Waals surface area contributed by atoms with Gasteiger partial charge >= 0.3 is 0 Å². The van der Waals surface area contributed by atoms with Crippen LogP contribution in [0.2, 0.25) is 0 Å². The summed E-state index contributed by atoms with van der Waals surface area (Å²) in [6, 6.07) is 29.7. The Bertz CT molecular complexity index is 1740. The monoisotopic (exact) mass is 498 g/mol. The van der Waals surface area contributed by atoms with E-state index in [2.05, 4.69) is 70.6 Å². The zero-order chi connectivity index (χ0) is 26.6. The van der Waals surface area contributed by atoms with Gasteiger partial charge in [0.15, 0.2) is 0 Å². The molecule has 0 unspecified atom stereocenters. The molecule has 6 heteroatoms. The minimum absolute atomic E-state index is 0.491. The van der Waals surface area contributed by atoms with Crippen LogP contribution in [0, 0.1) is 10.8 Å². The van der Waals surface area contributed by atoms with E-state index in [1.165, 1.54) is 10.8 Å². The number of fused-ring (bicyclic) bond motifs is 3. The fourth-order valence-corrected chi connectivity index (χ4v) is 4.96. The summed E-state index contributed by atoms with van der Waals surface area (Å²) < 4.78 is 0. The smallest absolute Gasteiger partial charge is 0.127 e. The third kappa shape index (κ3) is 4.10. The Hall–Kier alpha value is -4.84. The second-order valence-electron chi connectivity index (χ2n) is 10.2. The highest BCUT2D eigenvalue weighted by molar-refractivity contribution is 6.01. The van der Waals surface area contributed by atoms with Gasteiger partial charge in [0.1, 0.15) is 11.7 Å². The van der Waals surface area contributed by atoms with Crippen molar-refractivity contribution < 1.29 is 0 Å². The van der Waals surface area contributed by atoms with Crippen molar-refractivity contribution in [3.63, 3.8) is 0 Å². The molecule has 0 spiro atoms. The SMILES string of the molecule is CN(C)C(=N)c1ccc2cc(-c3ccc4ccc(-c5cc6ccc(C(=N)N(C)C)cc6[nH]5)cc4c3)[nH]c2c1. The second kappa shape index (κ2) is 8.92. The predicted octanol–water partition coefficient (Wildman–Crippen LogP) is 6.91. The van der Waals surface area contributed by atoms with Crippen molar-refractivity contribution in [1.82, 2.24) is 19.8 Å². The summed E-state index contributed by atoms with van der Waals surface area (Å²) in [7, 11) is 7.56. The highest BCUT2D eigenvalue weighted by Gasteiger charge is 2.11. The van der Waals surface area contributed by atoms with Crippen LogP contribution >= 0.6 is 0 Å². The van der Waals surface area contributed by atoms with Crippen LogP contribution in [0.5, 0.6) is 0 Å². The van der Waals surface area contributed by atoms with E-state index in [0.717, 1.165) is 55.4 Å². The third-order valence-corrected chi connectivity index (χ3v) is 7.15. The zero-order valence-electron chi connectivity index (χ0n) is 22.0. The molecule has 188 valence electrons. The third-order valence-electron chi connectivity index (χ3n) is 7.15. The molecule has 0 aliphatic rings. The summed E-state index contributed by atoms with van der Waals surface area (Å²) in [4.78, 5) is 10.7. The molecule has 2 aromatic heterocycles. The van der Waals surface area contributed by atoms with Crippen LogP contribution in [0.15, 0.2) is 84.9 Å². The first-order chi connectivity index (χ1) is 18.3. The van der Waals surface area contributed by atoms with Gasteiger partial charge in [0.05, 0.1) is 0 Å². The van der Waals surface area contributed by atoms with Gasteiger partial charge in [-0.05, 0) is 58.3 Å². The highest BCUT2D eigenvalue weighted by atomic mass is 15.1. The van der Waals surface area contributed by atoms with E-state index >= 15 is 0 Å². The minimum atomic E-state index is 0.491. The van der Waals surface area contributed by atoms with Crippen molar-refractivity contribution in [2.24, 2.45) is 0 Å². The lowest BCUT2D eigenvalue weighted by atomic mass is 10.0.